The molecule has 6 heterocycles. The number of aryl methyl sites for hydroxylation is 1. The number of fused-ring (bicyclic) bond motifs is 4. The first-order chi connectivity index (χ1) is 43.6. The molecule has 0 aromatic heterocycles. The number of methoxy groups -OCH3 is 1. The second-order valence-corrected chi connectivity index (χ2v) is 23.1. The highest BCUT2D eigenvalue weighted by Crippen LogP contribution is 2.43. The Morgan fingerprint density at radius 3 is 1.67 bits per heavy atom. The van der Waals surface area contributed by atoms with E-state index in [0.717, 1.165) is 9.80 Å². The van der Waals surface area contributed by atoms with E-state index >= 15 is 0 Å². The van der Waals surface area contributed by atoms with Crippen molar-refractivity contribution in [3.63, 3.8) is 0 Å². The van der Waals surface area contributed by atoms with Crippen LogP contribution in [-0.2, 0) is 37.0 Å². The van der Waals surface area contributed by atoms with E-state index in [0.29, 0.717) is 52.8 Å². The maximum atomic E-state index is 14.4. The molecule has 4 aromatic rings. The summed E-state index contributed by atoms with van der Waals surface area (Å²) in [6.45, 7) is 9.16. The standard InChI is InChI=1S/C63H75N5O23/c1-32-19-43-58(78)67(63(81)88-29-36-12-15-48(40(22-36)45(69)9-8-18-89-64)91-61-55(75)53(73)47(71)31-86-61)41-24-49(34(3)21-38(41)56(76)65(43)26-32)83-16-6-5-7-17-84-51-25-42-39(23-50(51)82-4)57(77)66-27-33(2)20-44(66)59(79)68(42)62(80)87-28-35-10-13-37(14-11-35)90-60-54(74)52(72)46(70)30-85-60/h10-15,21-25,43-44,46-47,52-55,58-61,70-75,78-79H,1-2,5-9,16-20,26-31,64H2,3-4H3/t43-,44-,46+,47+,52-,53-,54+,55+,58?,59?,60-,61-/m0/s1. The van der Waals surface area contributed by atoms with Gasteiger partial charge in [-0.2, -0.15) is 0 Å². The van der Waals surface area contributed by atoms with Gasteiger partial charge in [-0.25, -0.2) is 25.3 Å². The first-order valence-corrected chi connectivity index (χ1v) is 29.7. The van der Waals surface area contributed by atoms with Gasteiger partial charge in [-0.1, -0.05) is 42.5 Å². The zero-order valence-electron chi connectivity index (χ0n) is 50.1. The Labute approximate surface area is 522 Å². The Balaban J connectivity index is 0.790. The van der Waals surface area contributed by atoms with Crippen LogP contribution in [0.15, 0.2) is 91.0 Å². The summed E-state index contributed by atoms with van der Waals surface area (Å²) in [6.07, 6.45) is -14.6. The minimum Gasteiger partial charge on any atom is -0.493 e. The Morgan fingerprint density at radius 1 is 0.593 bits per heavy atom. The molecule has 10 rings (SSSR count). The SMILES string of the molecule is C=C1C[C@H]2C(O)N(C(=O)OCc3ccc(O[C@@H]4OC[C@@H](O)[C@H](O)[C@H]4O)c(C(=O)CCCON)c3)c3cc(OCCCCCOc4cc5c(cc4OC)C(=O)N4CC(=C)C[C@H]4C(O)N5C(=O)OCc4ccc(O[C@@H]5OC[C@@H](O)[C@H](O)[C@H]5O)cc4)c(C)cc3C(=O)N2C1. The van der Waals surface area contributed by atoms with E-state index in [-0.39, 0.29) is 129 Å². The number of aliphatic hydroxyl groups excluding tert-OH is 8. The number of rotatable bonds is 22. The third kappa shape index (κ3) is 14.2. The van der Waals surface area contributed by atoms with Crippen LogP contribution < -0.4 is 39.4 Å². The van der Waals surface area contributed by atoms with E-state index in [9.17, 15) is 64.8 Å². The first-order valence-electron chi connectivity index (χ1n) is 29.7. The lowest BCUT2D eigenvalue weighted by Gasteiger charge is -2.35. The summed E-state index contributed by atoms with van der Waals surface area (Å²) < 4.78 is 52.0. The fourth-order valence-electron chi connectivity index (χ4n) is 11.7. The number of benzene rings is 4. The number of unbranched alkanes of at least 4 members (excludes halogenated alkanes) is 2. The van der Waals surface area contributed by atoms with Gasteiger partial charge < -0.3 is 98.1 Å². The van der Waals surface area contributed by atoms with Gasteiger partial charge in [-0.05, 0) is 98.5 Å². The second-order valence-electron chi connectivity index (χ2n) is 23.1. The number of anilines is 2. The van der Waals surface area contributed by atoms with Crippen molar-refractivity contribution in [2.45, 2.75) is 139 Å². The average Bonchev–Trinajstić information content (AvgIpc) is 1.66. The smallest absolute Gasteiger partial charge is 0.416 e. The minimum absolute atomic E-state index is 0.0115. The minimum atomic E-state index is -1.66. The van der Waals surface area contributed by atoms with Gasteiger partial charge >= 0.3 is 12.2 Å². The first kappa shape index (κ1) is 66.0. The molecule has 0 aliphatic carbocycles. The van der Waals surface area contributed by atoms with Gasteiger partial charge in [-0.3, -0.25) is 14.4 Å². The highest BCUT2D eigenvalue weighted by molar-refractivity contribution is 6.07. The van der Waals surface area contributed by atoms with Crippen LogP contribution in [0.2, 0.25) is 0 Å². The van der Waals surface area contributed by atoms with Crippen molar-refractivity contribution < 1.29 is 112 Å². The number of hydrogen-bond donors (Lipinski definition) is 9. The third-order valence-electron chi connectivity index (χ3n) is 16.6. The molecule has 10 N–H and O–H groups in total. The lowest BCUT2D eigenvalue weighted by Crippen LogP contribution is -2.54. The Morgan fingerprint density at radius 2 is 1.11 bits per heavy atom. The van der Waals surface area contributed by atoms with E-state index in [1.807, 2.05) is 0 Å². The predicted octanol–water partition coefficient (Wildman–Crippen LogP) is 2.61. The van der Waals surface area contributed by atoms with Crippen LogP contribution in [0.25, 0.3) is 0 Å². The molecule has 28 nitrogen and oxygen atoms in total. The zero-order valence-corrected chi connectivity index (χ0v) is 50.1. The number of hydrogen-bond acceptors (Lipinski definition) is 24. The van der Waals surface area contributed by atoms with E-state index in [4.69, 9.17) is 48.5 Å². The lowest BCUT2D eigenvalue weighted by molar-refractivity contribution is -0.242. The number of nitrogens with zero attached hydrogens (tertiary/aromatic N) is 4. The molecular formula is C63H75N5O23. The molecule has 4 amide bonds. The Kier molecular flexibility index (Phi) is 20.8. The van der Waals surface area contributed by atoms with Gasteiger partial charge in [0.1, 0.15) is 67.1 Å². The van der Waals surface area contributed by atoms with Crippen LogP contribution in [0.4, 0.5) is 21.0 Å². The van der Waals surface area contributed by atoms with Crippen LogP contribution in [0.3, 0.4) is 0 Å². The maximum absolute atomic E-state index is 14.4. The van der Waals surface area contributed by atoms with Crippen molar-refractivity contribution in [1.29, 1.82) is 0 Å². The second kappa shape index (κ2) is 28.7. The van der Waals surface area contributed by atoms with Crippen molar-refractivity contribution >= 4 is 41.2 Å². The monoisotopic (exact) mass is 1270 g/mol. The predicted molar refractivity (Wildman–Crippen MR) is 317 cm³/mol. The van der Waals surface area contributed by atoms with Crippen molar-refractivity contribution in [2.75, 3.05) is 63.0 Å². The molecule has 0 saturated carbocycles. The zero-order chi connectivity index (χ0) is 64.9. The van der Waals surface area contributed by atoms with Crippen molar-refractivity contribution in [3.8, 4) is 28.7 Å². The summed E-state index contributed by atoms with van der Waals surface area (Å²) in [5.41, 5.74) is 2.92. The topological polar surface area (TPSA) is 378 Å². The molecule has 490 valence electrons. The molecule has 12 atom stereocenters. The van der Waals surface area contributed by atoms with Gasteiger partial charge in [0, 0.05) is 31.6 Å². The molecule has 2 unspecified atom stereocenters. The van der Waals surface area contributed by atoms with E-state index < -0.39 is 110 Å². The Hall–Kier alpha value is -7.97. The van der Waals surface area contributed by atoms with Crippen LogP contribution in [0.5, 0.6) is 28.7 Å². The summed E-state index contributed by atoms with van der Waals surface area (Å²) in [7, 11) is 1.40. The van der Waals surface area contributed by atoms with Crippen LogP contribution in [0, 0.1) is 6.92 Å². The van der Waals surface area contributed by atoms with Crippen LogP contribution in [0.1, 0.15) is 92.7 Å². The van der Waals surface area contributed by atoms with Gasteiger partial charge in [-0.15, -0.1) is 0 Å². The molecule has 4 aromatic carbocycles. The summed E-state index contributed by atoms with van der Waals surface area (Å²) in [6, 6.07) is 14.8. The summed E-state index contributed by atoms with van der Waals surface area (Å²) in [5.74, 6) is 4.71. The molecule has 0 bridgehead atoms. The lowest BCUT2D eigenvalue weighted by atomic mass is 10.0. The van der Waals surface area contributed by atoms with Gasteiger partial charge in [0.15, 0.2) is 29.7 Å². The van der Waals surface area contributed by atoms with Crippen LogP contribution in [-0.4, -0.2) is 207 Å². The molecule has 28 heteroatoms. The van der Waals surface area contributed by atoms with E-state index in [1.165, 1.54) is 65.4 Å². The van der Waals surface area contributed by atoms with E-state index in [1.54, 1.807) is 25.1 Å². The Bertz CT molecular complexity index is 3370. The summed E-state index contributed by atoms with van der Waals surface area (Å²) in [5, 5.41) is 84.8. The highest BCUT2D eigenvalue weighted by atomic mass is 16.7. The van der Waals surface area contributed by atoms with Crippen molar-refractivity contribution in [2.24, 2.45) is 5.90 Å². The number of ketones is 1. The third-order valence-corrected chi connectivity index (χ3v) is 16.6. The number of amides is 4. The normalized spacial score (nSPS) is 26.2. The molecule has 91 heavy (non-hydrogen) atoms. The maximum Gasteiger partial charge on any atom is 0.416 e. The average molecular weight is 1270 g/mol. The van der Waals surface area contributed by atoms with E-state index in [2.05, 4.69) is 18.0 Å². The fraction of sp³-hybridized carbons (Fsp3) is 0.476. The largest absolute Gasteiger partial charge is 0.493 e. The van der Waals surface area contributed by atoms with Gasteiger partial charge in [0.2, 0.25) is 12.6 Å². The molecular weight excluding hydrogens is 1190 g/mol. The molecule has 4 fully saturated rings. The summed E-state index contributed by atoms with van der Waals surface area (Å²) in [4.78, 5) is 80.1. The number of nitrogens with two attached hydrogens (primary N) is 1. The van der Waals surface area contributed by atoms with Gasteiger partial charge in [0.25, 0.3) is 11.8 Å². The highest BCUT2D eigenvalue weighted by Gasteiger charge is 2.49. The number of carbonyl (C=O) groups excluding carboxylic acids is 5. The number of ether oxygens (including phenoxy) is 9. The van der Waals surface area contributed by atoms with Gasteiger partial charge in [0.05, 0.1) is 80.3 Å². The molecule has 6 aliphatic heterocycles. The molecule has 0 radical (unpaired) electrons. The molecule has 4 saturated heterocycles. The summed E-state index contributed by atoms with van der Waals surface area (Å²) >= 11 is 0. The number of carbonyl (C=O) groups is 5. The fourth-order valence-corrected chi connectivity index (χ4v) is 11.7. The van der Waals surface area contributed by atoms with Crippen molar-refractivity contribution in [1.82, 2.24) is 9.80 Å². The van der Waals surface area contributed by atoms with Crippen molar-refractivity contribution in [3.05, 3.63) is 124 Å². The quantitative estimate of drug-likeness (QED) is 0.0236. The van der Waals surface area contributed by atoms with Crippen LogP contribution >= 0.6 is 0 Å². The molecule has 0 spiro atoms. The number of aliphatic hydroxyl groups is 8. The molecule has 6 aliphatic rings. The number of Topliss-reactive ketones (excluding diaryl/α,β-unsaturated/α-hetero) is 1.